The Kier molecular flexibility index (Phi) is 0.739. The minimum absolute atomic E-state index is 0.0671. The molecule has 2 rings (SSSR count). The summed E-state index contributed by atoms with van der Waals surface area (Å²) in [5.41, 5.74) is 1.15. The van der Waals surface area contributed by atoms with Gasteiger partial charge in [-0.25, -0.2) is 0 Å². The average molecular weight is 124 g/mol. The number of ether oxygens (including phenoxy) is 1. The maximum Gasteiger partial charge on any atom is 0.217 e. The molecule has 1 fully saturated rings. The van der Waals surface area contributed by atoms with Gasteiger partial charge in [0.2, 0.25) is 5.79 Å². The summed E-state index contributed by atoms with van der Waals surface area (Å²) in [6.07, 6.45) is 5.40. The molecule has 2 atom stereocenters. The zero-order valence-electron chi connectivity index (χ0n) is 5.16. The lowest BCUT2D eigenvalue weighted by atomic mass is 10.1. The molecule has 1 heterocycles. The van der Waals surface area contributed by atoms with Gasteiger partial charge in [-0.2, -0.15) is 0 Å². The molecule has 0 amide bonds. The third-order valence-corrected chi connectivity index (χ3v) is 1.67. The van der Waals surface area contributed by atoms with Crippen LogP contribution in [-0.4, -0.2) is 17.0 Å². The molecular weight excluding hydrogens is 116 g/mol. The lowest BCUT2D eigenvalue weighted by Gasteiger charge is -2.00. The van der Waals surface area contributed by atoms with Crippen LogP contribution in [-0.2, 0) is 4.74 Å². The van der Waals surface area contributed by atoms with Crippen LogP contribution in [0.5, 0.6) is 0 Å². The number of rotatable bonds is 0. The molecule has 0 aromatic rings. The van der Waals surface area contributed by atoms with E-state index < -0.39 is 5.79 Å². The van der Waals surface area contributed by atoms with Crippen molar-refractivity contribution < 1.29 is 9.84 Å². The molecule has 1 saturated heterocycles. The second-order valence-electron chi connectivity index (χ2n) is 2.53. The van der Waals surface area contributed by atoms with Crippen LogP contribution in [0.25, 0.3) is 0 Å². The van der Waals surface area contributed by atoms with Gasteiger partial charge in [0.15, 0.2) is 0 Å². The van der Waals surface area contributed by atoms with Gasteiger partial charge in [-0.05, 0) is 19.1 Å². The normalized spacial score (nSPS) is 46.0. The van der Waals surface area contributed by atoms with E-state index in [9.17, 15) is 5.11 Å². The number of hydrogen-bond acceptors (Lipinski definition) is 2. The van der Waals surface area contributed by atoms with E-state index in [0.29, 0.717) is 0 Å². The van der Waals surface area contributed by atoms with Crippen LogP contribution in [0.1, 0.15) is 6.92 Å². The van der Waals surface area contributed by atoms with Gasteiger partial charge in [0.25, 0.3) is 0 Å². The van der Waals surface area contributed by atoms with E-state index in [-0.39, 0.29) is 6.10 Å². The van der Waals surface area contributed by atoms with Crippen molar-refractivity contribution in [3.05, 3.63) is 23.8 Å². The minimum atomic E-state index is -0.931. The third kappa shape index (κ3) is 0.637. The highest BCUT2D eigenvalue weighted by Gasteiger charge is 2.53. The minimum Gasteiger partial charge on any atom is -0.360 e. The van der Waals surface area contributed by atoms with Crippen molar-refractivity contribution in [3.8, 4) is 0 Å². The quantitative estimate of drug-likeness (QED) is 0.479. The van der Waals surface area contributed by atoms with Crippen molar-refractivity contribution in [2.45, 2.75) is 18.8 Å². The van der Waals surface area contributed by atoms with Crippen molar-refractivity contribution in [2.24, 2.45) is 0 Å². The number of fused-ring (bicyclic) bond motifs is 1. The molecule has 0 bridgehead atoms. The van der Waals surface area contributed by atoms with E-state index in [4.69, 9.17) is 4.74 Å². The number of epoxide rings is 1. The SMILES string of the molecule is CC1=CC2OC2(O)C=C1. The monoisotopic (exact) mass is 124 g/mol. The topological polar surface area (TPSA) is 32.8 Å². The highest BCUT2D eigenvalue weighted by molar-refractivity contribution is 5.32. The van der Waals surface area contributed by atoms with E-state index >= 15 is 0 Å². The van der Waals surface area contributed by atoms with Crippen LogP contribution in [0.3, 0.4) is 0 Å². The molecule has 0 spiro atoms. The summed E-state index contributed by atoms with van der Waals surface area (Å²) < 4.78 is 4.93. The Morgan fingerprint density at radius 1 is 1.78 bits per heavy atom. The van der Waals surface area contributed by atoms with Gasteiger partial charge >= 0.3 is 0 Å². The van der Waals surface area contributed by atoms with Crippen molar-refractivity contribution >= 4 is 0 Å². The fourth-order valence-electron chi connectivity index (χ4n) is 1.00. The molecule has 48 valence electrons. The molecule has 2 heteroatoms. The van der Waals surface area contributed by atoms with Crippen LogP contribution in [0.15, 0.2) is 23.8 Å². The van der Waals surface area contributed by atoms with Crippen molar-refractivity contribution in [3.63, 3.8) is 0 Å². The van der Waals surface area contributed by atoms with Gasteiger partial charge in [0, 0.05) is 0 Å². The zero-order valence-corrected chi connectivity index (χ0v) is 5.16. The summed E-state index contributed by atoms with van der Waals surface area (Å²) in [5, 5.41) is 9.21. The Morgan fingerprint density at radius 3 is 3.11 bits per heavy atom. The highest BCUT2D eigenvalue weighted by atomic mass is 16.7. The smallest absolute Gasteiger partial charge is 0.217 e. The Balaban J connectivity index is 2.31. The molecule has 0 saturated carbocycles. The summed E-state index contributed by atoms with van der Waals surface area (Å²) in [5.74, 6) is -0.931. The van der Waals surface area contributed by atoms with Crippen LogP contribution >= 0.6 is 0 Å². The summed E-state index contributed by atoms with van der Waals surface area (Å²) in [6, 6.07) is 0. The van der Waals surface area contributed by atoms with Gasteiger partial charge in [0.1, 0.15) is 6.10 Å². The molecule has 2 aliphatic rings. The van der Waals surface area contributed by atoms with E-state index in [1.165, 1.54) is 0 Å². The van der Waals surface area contributed by atoms with Crippen LogP contribution < -0.4 is 0 Å². The maximum absolute atomic E-state index is 9.21. The second-order valence-corrected chi connectivity index (χ2v) is 2.53. The lowest BCUT2D eigenvalue weighted by molar-refractivity contribution is 0.0825. The Bertz CT molecular complexity index is 205. The standard InChI is InChI=1S/C7H8O2/c1-5-2-3-7(8)6(4-5)9-7/h2-4,6,8H,1H3. The number of allylic oxidation sites excluding steroid dienone is 2. The van der Waals surface area contributed by atoms with E-state index in [1.807, 2.05) is 19.1 Å². The van der Waals surface area contributed by atoms with Crippen LogP contribution in [0.4, 0.5) is 0 Å². The molecule has 1 N–H and O–H groups in total. The van der Waals surface area contributed by atoms with E-state index in [2.05, 4.69) is 0 Å². The fourth-order valence-corrected chi connectivity index (χ4v) is 1.00. The Morgan fingerprint density at radius 2 is 2.56 bits per heavy atom. The summed E-state index contributed by atoms with van der Waals surface area (Å²) in [7, 11) is 0. The number of aliphatic hydroxyl groups is 1. The van der Waals surface area contributed by atoms with Crippen molar-refractivity contribution in [1.82, 2.24) is 0 Å². The van der Waals surface area contributed by atoms with Crippen molar-refractivity contribution in [1.29, 1.82) is 0 Å². The van der Waals surface area contributed by atoms with Crippen LogP contribution in [0, 0.1) is 0 Å². The predicted molar refractivity (Wildman–Crippen MR) is 32.7 cm³/mol. The first-order valence-corrected chi connectivity index (χ1v) is 2.98. The molecular formula is C7H8O2. The van der Waals surface area contributed by atoms with Crippen molar-refractivity contribution in [2.75, 3.05) is 0 Å². The third-order valence-electron chi connectivity index (χ3n) is 1.67. The van der Waals surface area contributed by atoms with Gasteiger partial charge in [-0.1, -0.05) is 11.6 Å². The second kappa shape index (κ2) is 1.28. The highest BCUT2D eigenvalue weighted by Crippen LogP contribution is 2.39. The predicted octanol–water partition coefficient (Wildman–Crippen LogP) is 0.590. The molecule has 9 heavy (non-hydrogen) atoms. The molecule has 1 aliphatic carbocycles. The van der Waals surface area contributed by atoms with Gasteiger partial charge in [-0.3, -0.25) is 0 Å². The molecule has 0 aromatic carbocycles. The summed E-state index contributed by atoms with van der Waals surface area (Å²) >= 11 is 0. The molecule has 2 nitrogen and oxygen atoms in total. The summed E-state index contributed by atoms with van der Waals surface area (Å²) in [4.78, 5) is 0. The average Bonchev–Trinajstić information content (AvgIpc) is 2.41. The fraction of sp³-hybridized carbons (Fsp3) is 0.429. The zero-order chi connectivity index (χ0) is 6.48. The first kappa shape index (κ1) is 5.21. The largest absolute Gasteiger partial charge is 0.360 e. The maximum atomic E-state index is 9.21. The van der Waals surface area contributed by atoms with Gasteiger partial charge in [0.05, 0.1) is 0 Å². The van der Waals surface area contributed by atoms with E-state index in [1.54, 1.807) is 6.08 Å². The van der Waals surface area contributed by atoms with Gasteiger partial charge in [-0.15, -0.1) is 0 Å². The van der Waals surface area contributed by atoms with Crippen LogP contribution in [0.2, 0.25) is 0 Å². The first-order valence-electron chi connectivity index (χ1n) is 2.98. The first-order chi connectivity index (χ1) is 4.21. The summed E-state index contributed by atoms with van der Waals surface area (Å²) in [6.45, 7) is 1.98. The molecule has 1 aliphatic heterocycles. The number of hydrogen-bond donors (Lipinski definition) is 1. The lowest BCUT2D eigenvalue weighted by Crippen LogP contribution is -2.10. The van der Waals surface area contributed by atoms with Gasteiger partial charge < -0.3 is 9.84 Å². The molecule has 2 unspecified atom stereocenters. The Labute approximate surface area is 53.4 Å². The molecule has 0 aromatic heterocycles. The molecule has 0 radical (unpaired) electrons. The van der Waals surface area contributed by atoms with E-state index in [0.717, 1.165) is 5.57 Å². The Hall–Kier alpha value is -0.600.